The Balaban J connectivity index is 2.05. The first-order valence-electron chi connectivity index (χ1n) is 6.39. The molecule has 1 amide bonds. The van der Waals surface area contributed by atoms with Gasteiger partial charge in [0.1, 0.15) is 5.75 Å². The van der Waals surface area contributed by atoms with Gasteiger partial charge in [0.15, 0.2) is 0 Å². The van der Waals surface area contributed by atoms with Crippen LogP contribution in [0, 0.1) is 0 Å². The third-order valence-corrected chi connectivity index (χ3v) is 2.60. The number of nitrogens with one attached hydrogen (secondary N) is 1. The Kier molecular flexibility index (Phi) is 4.56. The second-order valence-electron chi connectivity index (χ2n) is 4.20. The maximum absolute atomic E-state index is 12.0. The molecular formula is C16H17NO2. The summed E-state index contributed by atoms with van der Waals surface area (Å²) in [5.74, 6) is 0.654. The molecule has 19 heavy (non-hydrogen) atoms. The molecule has 0 saturated carbocycles. The summed E-state index contributed by atoms with van der Waals surface area (Å²) in [6.45, 7) is 2.73. The van der Waals surface area contributed by atoms with Gasteiger partial charge in [-0.2, -0.15) is 0 Å². The normalized spacial score (nSPS) is 9.95. The Morgan fingerprint density at radius 2 is 1.89 bits per heavy atom. The van der Waals surface area contributed by atoms with Gasteiger partial charge in [-0.15, -0.1) is 0 Å². The zero-order valence-corrected chi connectivity index (χ0v) is 10.9. The minimum Gasteiger partial charge on any atom is -0.494 e. The van der Waals surface area contributed by atoms with Gasteiger partial charge in [0.25, 0.3) is 5.91 Å². The molecule has 3 heteroatoms. The highest BCUT2D eigenvalue weighted by Gasteiger charge is 2.05. The molecule has 3 nitrogen and oxygen atoms in total. The second-order valence-corrected chi connectivity index (χ2v) is 4.20. The Morgan fingerprint density at radius 1 is 1.11 bits per heavy atom. The van der Waals surface area contributed by atoms with Crippen LogP contribution in [0.2, 0.25) is 0 Å². The van der Waals surface area contributed by atoms with Crippen LogP contribution in [0.1, 0.15) is 23.7 Å². The van der Waals surface area contributed by atoms with E-state index in [1.807, 2.05) is 42.5 Å². The van der Waals surface area contributed by atoms with Crippen molar-refractivity contribution in [2.45, 2.75) is 13.3 Å². The summed E-state index contributed by atoms with van der Waals surface area (Å²) >= 11 is 0. The smallest absolute Gasteiger partial charge is 0.255 e. The number of amides is 1. The van der Waals surface area contributed by atoms with E-state index in [0.717, 1.165) is 17.9 Å². The minimum absolute atomic E-state index is 0.117. The molecule has 0 atom stereocenters. The molecule has 2 aromatic carbocycles. The molecular weight excluding hydrogens is 238 g/mol. The molecule has 0 fully saturated rings. The summed E-state index contributed by atoms with van der Waals surface area (Å²) in [6.07, 6.45) is 0.959. The summed E-state index contributed by atoms with van der Waals surface area (Å²) in [7, 11) is 0. The molecule has 2 aromatic rings. The standard InChI is InChI=1S/C16H17NO2/c1-2-11-19-15-10-6-9-14(12-15)17-16(18)13-7-4-3-5-8-13/h3-10,12H,2,11H2,1H3,(H,17,18). The average molecular weight is 255 g/mol. The minimum atomic E-state index is -0.117. The molecule has 98 valence electrons. The Labute approximate surface area is 113 Å². The van der Waals surface area contributed by atoms with Crippen molar-refractivity contribution in [2.24, 2.45) is 0 Å². The number of hydrogen-bond donors (Lipinski definition) is 1. The van der Waals surface area contributed by atoms with Crippen LogP contribution in [0.15, 0.2) is 54.6 Å². The van der Waals surface area contributed by atoms with Crippen LogP contribution in [0.3, 0.4) is 0 Å². The highest BCUT2D eigenvalue weighted by molar-refractivity contribution is 6.04. The van der Waals surface area contributed by atoms with E-state index in [-0.39, 0.29) is 5.91 Å². The largest absolute Gasteiger partial charge is 0.494 e. The Hall–Kier alpha value is -2.29. The van der Waals surface area contributed by atoms with Gasteiger partial charge >= 0.3 is 0 Å². The number of carbonyl (C=O) groups excluding carboxylic acids is 1. The zero-order valence-electron chi connectivity index (χ0n) is 10.9. The van der Waals surface area contributed by atoms with Crippen molar-refractivity contribution < 1.29 is 9.53 Å². The lowest BCUT2D eigenvalue weighted by Crippen LogP contribution is -2.11. The van der Waals surface area contributed by atoms with Crippen LogP contribution >= 0.6 is 0 Å². The summed E-state index contributed by atoms with van der Waals surface area (Å²) in [5, 5.41) is 2.86. The van der Waals surface area contributed by atoms with Crippen LogP contribution in [0.25, 0.3) is 0 Å². The van der Waals surface area contributed by atoms with E-state index in [4.69, 9.17) is 4.74 Å². The van der Waals surface area contributed by atoms with Gasteiger partial charge in [-0.05, 0) is 30.7 Å². The van der Waals surface area contributed by atoms with Crippen molar-refractivity contribution in [3.63, 3.8) is 0 Å². The number of anilines is 1. The van der Waals surface area contributed by atoms with Gasteiger partial charge in [0, 0.05) is 17.3 Å². The van der Waals surface area contributed by atoms with E-state index in [9.17, 15) is 4.79 Å². The Morgan fingerprint density at radius 3 is 2.63 bits per heavy atom. The third-order valence-electron chi connectivity index (χ3n) is 2.60. The average Bonchev–Trinajstić information content (AvgIpc) is 2.46. The molecule has 0 aliphatic heterocycles. The fraction of sp³-hybridized carbons (Fsp3) is 0.188. The lowest BCUT2D eigenvalue weighted by molar-refractivity contribution is 0.102. The van der Waals surface area contributed by atoms with Crippen LogP contribution < -0.4 is 10.1 Å². The lowest BCUT2D eigenvalue weighted by atomic mass is 10.2. The first kappa shape index (κ1) is 13.1. The van der Waals surface area contributed by atoms with Crippen molar-refractivity contribution >= 4 is 11.6 Å². The molecule has 1 N–H and O–H groups in total. The van der Waals surface area contributed by atoms with Gasteiger partial charge in [0.2, 0.25) is 0 Å². The van der Waals surface area contributed by atoms with Crippen molar-refractivity contribution in [1.29, 1.82) is 0 Å². The van der Waals surface area contributed by atoms with E-state index in [0.29, 0.717) is 12.2 Å². The van der Waals surface area contributed by atoms with Crippen molar-refractivity contribution in [2.75, 3.05) is 11.9 Å². The van der Waals surface area contributed by atoms with Gasteiger partial charge in [-0.25, -0.2) is 0 Å². The lowest BCUT2D eigenvalue weighted by Gasteiger charge is -2.08. The first-order chi connectivity index (χ1) is 9.29. The number of carbonyl (C=O) groups is 1. The molecule has 2 rings (SSSR count). The van der Waals surface area contributed by atoms with Crippen LogP contribution in [0.5, 0.6) is 5.75 Å². The van der Waals surface area contributed by atoms with Gasteiger partial charge in [-0.3, -0.25) is 4.79 Å². The first-order valence-corrected chi connectivity index (χ1v) is 6.39. The van der Waals surface area contributed by atoms with E-state index >= 15 is 0 Å². The zero-order chi connectivity index (χ0) is 13.5. The molecule has 0 bridgehead atoms. The van der Waals surface area contributed by atoms with Crippen LogP contribution in [-0.2, 0) is 0 Å². The predicted molar refractivity (Wildman–Crippen MR) is 76.6 cm³/mol. The SMILES string of the molecule is CCCOc1cccc(NC(=O)c2ccccc2)c1. The molecule has 0 aromatic heterocycles. The molecule has 0 unspecified atom stereocenters. The monoisotopic (exact) mass is 255 g/mol. The summed E-state index contributed by atoms with van der Waals surface area (Å²) < 4.78 is 5.53. The fourth-order valence-electron chi connectivity index (χ4n) is 1.68. The number of benzene rings is 2. The van der Waals surface area contributed by atoms with E-state index in [2.05, 4.69) is 12.2 Å². The van der Waals surface area contributed by atoms with E-state index < -0.39 is 0 Å². The van der Waals surface area contributed by atoms with E-state index in [1.165, 1.54) is 0 Å². The third kappa shape index (κ3) is 3.85. The summed E-state index contributed by atoms with van der Waals surface area (Å²) in [5.41, 5.74) is 1.38. The van der Waals surface area contributed by atoms with Gasteiger partial charge in [0.05, 0.1) is 6.61 Å². The van der Waals surface area contributed by atoms with Crippen LogP contribution in [-0.4, -0.2) is 12.5 Å². The van der Waals surface area contributed by atoms with E-state index in [1.54, 1.807) is 12.1 Å². The molecule has 0 spiro atoms. The fourth-order valence-corrected chi connectivity index (χ4v) is 1.68. The van der Waals surface area contributed by atoms with Crippen molar-refractivity contribution in [1.82, 2.24) is 0 Å². The highest BCUT2D eigenvalue weighted by atomic mass is 16.5. The molecule has 0 saturated heterocycles. The van der Waals surface area contributed by atoms with Crippen molar-refractivity contribution in [3.8, 4) is 5.75 Å². The second kappa shape index (κ2) is 6.59. The topological polar surface area (TPSA) is 38.3 Å². The summed E-state index contributed by atoms with van der Waals surface area (Å²) in [4.78, 5) is 12.0. The highest BCUT2D eigenvalue weighted by Crippen LogP contribution is 2.18. The predicted octanol–water partition coefficient (Wildman–Crippen LogP) is 3.73. The molecule has 0 aliphatic rings. The molecule has 0 aliphatic carbocycles. The maximum atomic E-state index is 12.0. The van der Waals surface area contributed by atoms with Crippen molar-refractivity contribution in [3.05, 3.63) is 60.2 Å². The maximum Gasteiger partial charge on any atom is 0.255 e. The van der Waals surface area contributed by atoms with Gasteiger partial charge in [-0.1, -0.05) is 31.2 Å². The number of hydrogen-bond acceptors (Lipinski definition) is 2. The number of ether oxygens (including phenoxy) is 1. The molecule has 0 heterocycles. The number of rotatable bonds is 5. The Bertz CT molecular complexity index is 537. The molecule has 0 radical (unpaired) electrons. The summed E-state index contributed by atoms with van der Waals surface area (Å²) in [6, 6.07) is 16.6. The van der Waals surface area contributed by atoms with Crippen LogP contribution in [0.4, 0.5) is 5.69 Å². The quantitative estimate of drug-likeness (QED) is 0.884. The van der Waals surface area contributed by atoms with Gasteiger partial charge < -0.3 is 10.1 Å².